The third kappa shape index (κ3) is 3.39. The van der Waals surface area contributed by atoms with Crippen LogP contribution in [0.1, 0.15) is 31.4 Å². The third-order valence-electron chi connectivity index (χ3n) is 4.99. The van der Waals surface area contributed by atoms with E-state index in [1.54, 1.807) is 22.7 Å². The molecule has 0 bridgehead atoms. The Morgan fingerprint density at radius 2 is 1.96 bits per heavy atom. The van der Waals surface area contributed by atoms with Crippen LogP contribution >= 0.6 is 38.6 Å². The Balaban J connectivity index is 1.40. The molecule has 0 N–H and O–H groups in total. The maximum Gasteiger partial charge on any atom is 0.228 e. The molecule has 122 valence electrons. The molecule has 1 aliphatic carbocycles. The van der Waals surface area contributed by atoms with Gasteiger partial charge in [0.15, 0.2) is 0 Å². The number of amides is 1. The zero-order valence-corrected chi connectivity index (χ0v) is 16.1. The highest BCUT2D eigenvalue weighted by Gasteiger charge is 2.36. The number of halogens is 1. The van der Waals surface area contributed by atoms with Crippen LogP contribution in [0, 0.1) is 11.8 Å². The first-order chi connectivity index (χ1) is 11.2. The summed E-state index contributed by atoms with van der Waals surface area (Å²) >= 11 is 6.79. The lowest BCUT2D eigenvalue weighted by atomic mass is 9.82. The maximum atomic E-state index is 12.6. The quantitative estimate of drug-likeness (QED) is 0.725. The summed E-state index contributed by atoms with van der Waals surface area (Å²) in [5, 5.41) is 5.11. The Bertz CT molecular complexity index is 697. The third-order valence-corrected chi connectivity index (χ3v) is 7.74. The molecule has 3 nitrogen and oxygen atoms in total. The van der Waals surface area contributed by atoms with Gasteiger partial charge in [0.2, 0.25) is 5.91 Å². The summed E-state index contributed by atoms with van der Waals surface area (Å²) in [7, 11) is 0. The molecule has 0 radical (unpaired) electrons. The molecule has 1 saturated carbocycles. The summed E-state index contributed by atoms with van der Waals surface area (Å²) in [5.74, 6) is 1.76. The molecule has 2 unspecified atom stereocenters. The van der Waals surface area contributed by atoms with E-state index in [1.807, 2.05) is 5.38 Å². The number of thiophene rings is 1. The van der Waals surface area contributed by atoms with E-state index in [2.05, 4.69) is 37.3 Å². The van der Waals surface area contributed by atoms with E-state index in [9.17, 15) is 4.79 Å². The van der Waals surface area contributed by atoms with Crippen LogP contribution in [0.2, 0.25) is 0 Å². The Morgan fingerprint density at radius 1 is 1.22 bits per heavy atom. The van der Waals surface area contributed by atoms with Gasteiger partial charge in [0.25, 0.3) is 0 Å². The van der Waals surface area contributed by atoms with E-state index in [0.29, 0.717) is 6.42 Å². The lowest BCUT2D eigenvalue weighted by molar-refractivity contribution is -0.129. The fourth-order valence-corrected chi connectivity index (χ4v) is 6.13. The normalized spacial score (nSPS) is 24.0. The minimum Gasteiger partial charge on any atom is -0.342 e. The molecule has 0 spiro atoms. The molecular weight excluding hydrogens is 392 g/mol. The van der Waals surface area contributed by atoms with Crippen LogP contribution in [-0.4, -0.2) is 28.9 Å². The van der Waals surface area contributed by atoms with E-state index in [-0.39, 0.29) is 5.91 Å². The average molecular weight is 411 g/mol. The first-order valence-corrected chi connectivity index (χ1v) is 10.7. The molecule has 1 amide bonds. The predicted molar refractivity (Wildman–Crippen MR) is 98.9 cm³/mol. The van der Waals surface area contributed by atoms with Crippen molar-refractivity contribution >= 4 is 44.5 Å². The molecule has 3 heterocycles. The van der Waals surface area contributed by atoms with E-state index >= 15 is 0 Å². The fraction of sp³-hybridized carbons (Fsp3) is 0.529. The summed E-state index contributed by atoms with van der Waals surface area (Å²) in [5.41, 5.74) is 0.911. The van der Waals surface area contributed by atoms with Crippen LogP contribution in [0.4, 0.5) is 0 Å². The lowest BCUT2D eigenvalue weighted by Gasteiger charge is -2.22. The highest BCUT2D eigenvalue weighted by Crippen LogP contribution is 2.36. The average Bonchev–Trinajstić information content (AvgIpc) is 3.25. The van der Waals surface area contributed by atoms with Crippen LogP contribution in [0.15, 0.2) is 21.3 Å². The highest BCUT2D eigenvalue weighted by molar-refractivity contribution is 9.10. The van der Waals surface area contributed by atoms with Gasteiger partial charge in [0.1, 0.15) is 5.01 Å². The van der Waals surface area contributed by atoms with Crippen molar-refractivity contribution < 1.29 is 4.79 Å². The Hall–Kier alpha value is -0.720. The van der Waals surface area contributed by atoms with Crippen LogP contribution in [-0.2, 0) is 11.2 Å². The van der Waals surface area contributed by atoms with Gasteiger partial charge < -0.3 is 4.90 Å². The number of hydrogen-bond acceptors (Lipinski definition) is 4. The first-order valence-electron chi connectivity index (χ1n) is 8.15. The van der Waals surface area contributed by atoms with Gasteiger partial charge in [0.05, 0.1) is 17.0 Å². The van der Waals surface area contributed by atoms with E-state index in [0.717, 1.165) is 45.0 Å². The Labute approximate surface area is 152 Å². The molecular formula is C17H19BrN2OS2. The van der Waals surface area contributed by atoms with Gasteiger partial charge in [-0.05, 0) is 46.7 Å². The predicted octanol–water partition coefficient (Wildman–Crippen LogP) is 4.83. The van der Waals surface area contributed by atoms with Gasteiger partial charge in [-0.2, -0.15) is 0 Å². The van der Waals surface area contributed by atoms with Gasteiger partial charge in [-0.25, -0.2) is 4.98 Å². The standard InChI is InChI=1S/C17H19BrN2OS2/c18-13-5-15(22-9-13)17-19-14(10-23-17)6-16(21)20-7-11-3-1-2-4-12(11)8-20/h5,9-12H,1-4,6-8H2. The minimum atomic E-state index is 0.253. The van der Waals surface area contributed by atoms with Crippen LogP contribution < -0.4 is 0 Å². The molecule has 2 atom stereocenters. The summed E-state index contributed by atoms with van der Waals surface area (Å²) < 4.78 is 1.09. The van der Waals surface area contributed by atoms with Gasteiger partial charge in [0, 0.05) is 28.3 Å². The topological polar surface area (TPSA) is 33.2 Å². The Kier molecular flexibility index (Phi) is 4.56. The number of hydrogen-bond donors (Lipinski definition) is 0. The van der Waals surface area contributed by atoms with E-state index < -0.39 is 0 Å². The second-order valence-corrected chi connectivity index (χ2v) is 9.24. The molecule has 2 aromatic rings. The number of nitrogens with zero attached hydrogens (tertiary/aromatic N) is 2. The molecule has 2 fully saturated rings. The summed E-state index contributed by atoms with van der Waals surface area (Å²) in [6.07, 6.45) is 5.75. The summed E-state index contributed by atoms with van der Waals surface area (Å²) in [6, 6.07) is 2.08. The van der Waals surface area contributed by atoms with E-state index in [1.165, 1.54) is 25.7 Å². The summed E-state index contributed by atoms with van der Waals surface area (Å²) in [4.78, 5) is 20.5. The minimum absolute atomic E-state index is 0.253. The van der Waals surface area contributed by atoms with Crippen LogP contribution in [0.3, 0.4) is 0 Å². The molecule has 2 aliphatic rings. The highest BCUT2D eigenvalue weighted by atomic mass is 79.9. The number of fused-ring (bicyclic) bond motifs is 1. The van der Waals surface area contributed by atoms with Crippen molar-refractivity contribution in [1.82, 2.24) is 9.88 Å². The number of thiazole rings is 1. The lowest BCUT2D eigenvalue weighted by Crippen LogP contribution is -2.30. The SMILES string of the molecule is O=C(Cc1csc(-c2cc(Br)cs2)n1)N1CC2CCCCC2C1. The van der Waals surface area contributed by atoms with Crippen molar-refractivity contribution in [2.45, 2.75) is 32.1 Å². The first kappa shape index (κ1) is 15.8. The molecule has 1 saturated heterocycles. The van der Waals surface area contributed by atoms with Gasteiger partial charge in [-0.3, -0.25) is 4.79 Å². The zero-order valence-electron chi connectivity index (χ0n) is 12.8. The van der Waals surface area contributed by atoms with E-state index in [4.69, 9.17) is 0 Å². The Morgan fingerprint density at radius 3 is 2.61 bits per heavy atom. The molecule has 0 aromatic carbocycles. The molecule has 23 heavy (non-hydrogen) atoms. The number of rotatable bonds is 3. The number of likely N-dealkylation sites (tertiary alicyclic amines) is 1. The molecule has 4 rings (SSSR count). The molecule has 6 heteroatoms. The van der Waals surface area contributed by atoms with Crippen LogP contribution in [0.25, 0.3) is 9.88 Å². The monoisotopic (exact) mass is 410 g/mol. The zero-order chi connectivity index (χ0) is 15.8. The molecule has 2 aromatic heterocycles. The van der Waals surface area contributed by atoms with Gasteiger partial charge in [-0.15, -0.1) is 22.7 Å². The second-order valence-electron chi connectivity index (χ2n) is 6.55. The second kappa shape index (κ2) is 6.65. The van der Waals surface area contributed by atoms with Crippen molar-refractivity contribution in [1.29, 1.82) is 0 Å². The van der Waals surface area contributed by atoms with Crippen molar-refractivity contribution in [2.24, 2.45) is 11.8 Å². The van der Waals surface area contributed by atoms with Crippen molar-refractivity contribution in [3.8, 4) is 9.88 Å². The molecule has 1 aliphatic heterocycles. The number of carbonyl (C=O) groups excluding carboxylic acids is 1. The van der Waals surface area contributed by atoms with Gasteiger partial charge in [-0.1, -0.05) is 12.8 Å². The van der Waals surface area contributed by atoms with Crippen molar-refractivity contribution in [3.05, 3.63) is 27.0 Å². The van der Waals surface area contributed by atoms with Gasteiger partial charge >= 0.3 is 0 Å². The van der Waals surface area contributed by atoms with Crippen molar-refractivity contribution in [3.63, 3.8) is 0 Å². The van der Waals surface area contributed by atoms with Crippen LogP contribution in [0.5, 0.6) is 0 Å². The number of aromatic nitrogens is 1. The van der Waals surface area contributed by atoms with Crippen molar-refractivity contribution in [2.75, 3.05) is 13.1 Å². The smallest absolute Gasteiger partial charge is 0.228 e. The maximum absolute atomic E-state index is 12.6. The fourth-order valence-electron chi connectivity index (χ4n) is 3.80. The number of carbonyl (C=O) groups is 1. The summed E-state index contributed by atoms with van der Waals surface area (Å²) in [6.45, 7) is 1.94. The largest absolute Gasteiger partial charge is 0.342 e.